The fourth-order valence-electron chi connectivity index (χ4n) is 4.00. The largest absolute Gasteiger partial charge is 0.496 e. The van der Waals surface area contributed by atoms with Crippen molar-refractivity contribution in [3.63, 3.8) is 0 Å². The van der Waals surface area contributed by atoms with Crippen LogP contribution in [0.1, 0.15) is 23.6 Å². The lowest BCUT2D eigenvalue weighted by molar-refractivity contribution is 0.234. The van der Waals surface area contributed by atoms with Gasteiger partial charge in [-0.05, 0) is 36.7 Å². The molecule has 0 bridgehead atoms. The normalized spacial score (nSPS) is 15.8. The molecule has 7 heteroatoms. The zero-order valence-electron chi connectivity index (χ0n) is 18.5. The van der Waals surface area contributed by atoms with Crippen molar-refractivity contribution in [1.29, 1.82) is 0 Å². The summed E-state index contributed by atoms with van der Waals surface area (Å²) in [5.74, 6) is 3.47. The van der Waals surface area contributed by atoms with Gasteiger partial charge in [-0.2, -0.15) is 0 Å². The Morgan fingerprint density at radius 2 is 1.33 bits per heavy atom. The molecule has 1 unspecified atom stereocenters. The Morgan fingerprint density at radius 3 is 2.00 bits per heavy atom. The molecule has 164 valence electrons. The zero-order valence-corrected chi connectivity index (χ0v) is 18.5. The molecule has 1 saturated heterocycles. The van der Waals surface area contributed by atoms with E-state index < -0.39 is 0 Å². The first kappa shape index (κ1) is 22.1. The minimum atomic E-state index is -0.0422. The van der Waals surface area contributed by atoms with Gasteiger partial charge in [-0.1, -0.05) is 6.07 Å². The third-order valence-electron chi connectivity index (χ3n) is 5.49. The van der Waals surface area contributed by atoms with Gasteiger partial charge >= 0.3 is 0 Å². The molecular formula is C23H32N2O5. The molecule has 7 nitrogen and oxygen atoms in total. The van der Waals surface area contributed by atoms with Gasteiger partial charge < -0.3 is 29.0 Å². The number of ether oxygens (including phenoxy) is 5. The number of methoxy groups -OCH3 is 5. The number of hydrogen-bond acceptors (Lipinski definition) is 7. The fourth-order valence-corrected chi connectivity index (χ4v) is 4.00. The number of rotatable bonds is 8. The van der Waals surface area contributed by atoms with Crippen molar-refractivity contribution in [2.45, 2.75) is 12.5 Å². The highest BCUT2D eigenvalue weighted by Crippen LogP contribution is 2.43. The Kier molecular flexibility index (Phi) is 7.65. The standard InChI is InChI=1S/C23H32N2O5/c1-26-18-8-7-16(13-20(18)28-3)23(25-11-6-9-24-10-12-25)17-14-21(29-4)22(30-5)15-19(17)27-2/h7-8,13-15,23-24H,6,9-12H2,1-5H3. The summed E-state index contributed by atoms with van der Waals surface area (Å²) in [6, 6.07) is 9.93. The van der Waals surface area contributed by atoms with Crippen molar-refractivity contribution in [1.82, 2.24) is 10.2 Å². The van der Waals surface area contributed by atoms with E-state index in [1.165, 1.54) is 0 Å². The minimum absolute atomic E-state index is 0.0422. The Hall–Kier alpha value is -2.64. The highest BCUT2D eigenvalue weighted by molar-refractivity contribution is 5.55. The van der Waals surface area contributed by atoms with Crippen LogP contribution in [0, 0.1) is 0 Å². The van der Waals surface area contributed by atoms with Crippen molar-refractivity contribution < 1.29 is 23.7 Å². The maximum Gasteiger partial charge on any atom is 0.164 e. The summed E-state index contributed by atoms with van der Waals surface area (Å²) in [6.45, 7) is 3.82. The third kappa shape index (κ3) is 4.57. The van der Waals surface area contributed by atoms with Gasteiger partial charge in [0.2, 0.25) is 0 Å². The van der Waals surface area contributed by atoms with Crippen LogP contribution < -0.4 is 29.0 Å². The molecule has 1 aliphatic rings. The third-order valence-corrected chi connectivity index (χ3v) is 5.49. The second kappa shape index (κ2) is 10.4. The molecular weight excluding hydrogens is 384 g/mol. The first-order chi connectivity index (χ1) is 14.7. The predicted molar refractivity (Wildman–Crippen MR) is 117 cm³/mol. The highest BCUT2D eigenvalue weighted by atomic mass is 16.5. The van der Waals surface area contributed by atoms with Crippen molar-refractivity contribution >= 4 is 0 Å². The molecule has 0 aromatic heterocycles. The van der Waals surface area contributed by atoms with Gasteiger partial charge in [-0.25, -0.2) is 0 Å². The molecule has 0 amide bonds. The Morgan fingerprint density at radius 1 is 0.700 bits per heavy atom. The second-order valence-electron chi connectivity index (χ2n) is 7.11. The van der Waals surface area contributed by atoms with Gasteiger partial charge in [0.15, 0.2) is 23.0 Å². The molecule has 0 saturated carbocycles. The number of nitrogens with one attached hydrogen (secondary N) is 1. The van der Waals surface area contributed by atoms with Crippen LogP contribution >= 0.6 is 0 Å². The molecule has 1 atom stereocenters. The van der Waals surface area contributed by atoms with Crippen molar-refractivity contribution in [3.05, 3.63) is 41.5 Å². The molecule has 0 aliphatic carbocycles. The smallest absolute Gasteiger partial charge is 0.164 e. The monoisotopic (exact) mass is 416 g/mol. The molecule has 2 aromatic carbocycles. The van der Waals surface area contributed by atoms with Crippen LogP contribution in [-0.4, -0.2) is 66.6 Å². The van der Waals surface area contributed by atoms with Crippen LogP contribution in [0.25, 0.3) is 0 Å². The van der Waals surface area contributed by atoms with E-state index in [0.717, 1.165) is 49.5 Å². The van der Waals surface area contributed by atoms with E-state index in [9.17, 15) is 0 Å². The lowest BCUT2D eigenvalue weighted by Gasteiger charge is -2.33. The zero-order chi connectivity index (χ0) is 21.5. The van der Waals surface area contributed by atoms with E-state index in [4.69, 9.17) is 23.7 Å². The van der Waals surface area contributed by atoms with Crippen LogP contribution in [0.5, 0.6) is 28.7 Å². The maximum absolute atomic E-state index is 5.78. The first-order valence-corrected chi connectivity index (χ1v) is 10.1. The van der Waals surface area contributed by atoms with E-state index in [1.54, 1.807) is 35.5 Å². The summed E-state index contributed by atoms with van der Waals surface area (Å²) >= 11 is 0. The molecule has 1 heterocycles. The van der Waals surface area contributed by atoms with E-state index in [2.05, 4.69) is 16.3 Å². The maximum atomic E-state index is 5.78. The van der Waals surface area contributed by atoms with Gasteiger partial charge in [-0.15, -0.1) is 0 Å². The van der Waals surface area contributed by atoms with Gasteiger partial charge in [0.25, 0.3) is 0 Å². The number of benzene rings is 2. The average molecular weight is 417 g/mol. The number of hydrogen-bond donors (Lipinski definition) is 1. The first-order valence-electron chi connectivity index (χ1n) is 10.1. The van der Waals surface area contributed by atoms with Crippen molar-refractivity contribution in [2.75, 3.05) is 61.7 Å². The fraction of sp³-hybridized carbons (Fsp3) is 0.478. The van der Waals surface area contributed by atoms with Crippen LogP contribution in [0.2, 0.25) is 0 Å². The van der Waals surface area contributed by atoms with Gasteiger partial charge in [-0.3, -0.25) is 4.90 Å². The molecule has 1 N–H and O–H groups in total. The molecule has 0 spiro atoms. The van der Waals surface area contributed by atoms with E-state index in [-0.39, 0.29) is 6.04 Å². The highest BCUT2D eigenvalue weighted by Gasteiger charge is 2.28. The van der Waals surface area contributed by atoms with Crippen molar-refractivity contribution in [3.8, 4) is 28.7 Å². The van der Waals surface area contributed by atoms with E-state index >= 15 is 0 Å². The molecule has 3 rings (SSSR count). The molecule has 1 fully saturated rings. The molecule has 30 heavy (non-hydrogen) atoms. The topological polar surface area (TPSA) is 61.4 Å². The van der Waals surface area contributed by atoms with Crippen LogP contribution in [0.15, 0.2) is 30.3 Å². The minimum Gasteiger partial charge on any atom is -0.496 e. The van der Waals surface area contributed by atoms with Gasteiger partial charge in [0.05, 0.1) is 41.6 Å². The molecule has 0 radical (unpaired) electrons. The predicted octanol–water partition coefficient (Wildman–Crippen LogP) is 3.11. The van der Waals surface area contributed by atoms with Gasteiger partial charge in [0.1, 0.15) is 5.75 Å². The van der Waals surface area contributed by atoms with E-state index in [0.29, 0.717) is 23.0 Å². The van der Waals surface area contributed by atoms with Crippen LogP contribution in [0.4, 0.5) is 0 Å². The van der Waals surface area contributed by atoms with Crippen molar-refractivity contribution in [2.24, 2.45) is 0 Å². The van der Waals surface area contributed by atoms with E-state index in [1.807, 2.05) is 24.3 Å². The lowest BCUT2D eigenvalue weighted by atomic mass is 9.94. The lowest BCUT2D eigenvalue weighted by Crippen LogP contribution is -2.33. The Bertz CT molecular complexity index is 835. The summed E-state index contributed by atoms with van der Waals surface area (Å²) in [6.07, 6.45) is 1.07. The second-order valence-corrected chi connectivity index (χ2v) is 7.11. The van der Waals surface area contributed by atoms with Crippen LogP contribution in [0.3, 0.4) is 0 Å². The Balaban J connectivity index is 2.17. The molecule has 1 aliphatic heterocycles. The summed E-state index contributed by atoms with van der Waals surface area (Å²) in [5, 5.41) is 3.48. The summed E-state index contributed by atoms with van der Waals surface area (Å²) in [4.78, 5) is 2.46. The van der Waals surface area contributed by atoms with Crippen LogP contribution in [-0.2, 0) is 0 Å². The van der Waals surface area contributed by atoms with Gasteiger partial charge in [0, 0.05) is 31.3 Å². The SMILES string of the molecule is COc1ccc(C(c2cc(OC)c(OC)cc2OC)N2CCCNCC2)cc1OC. The average Bonchev–Trinajstić information content (AvgIpc) is 3.08. The summed E-state index contributed by atoms with van der Waals surface area (Å²) in [5.41, 5.74) is 2.12. The number of nitrogens with zero attached hydrogens (tertiary/aromatic N) is 1. The Labute approximate surface area is 178 Å². The quantitative estimate of drug-likeness (QED) is 0.709. The molecule has 2 aromatic rings. The summed E-state index contributed by atoms with van der Waals surface area (Å²) < 4.78 is 27.9. The summed E-state index contributed by atoms with van der Waals surface area (Å²) in [7, 11) is 8.26.